The van der Waals surface area contributed by atoms with Crippen LogP contribution in [0.1, 0.15) is 45.6 Å². The highest BCUT2D eigenvalue weighted by Gasteiger charge is 2.32. The Balaban J connectivity index is 2.08. The fraction of sp³-hybridized carbons (Fsp3) is 0.625. The zero-order chi connectivity index (χ0) is 13.3. The fourth-order valence-electron chi connectivity index (χ4n) is 3.11. The quantitative estimate of drug-likeness (QED) is 0.768. The molecule has 0 aliphatic heterocycles. The predicted molar refractivity (Wildman–Crippen MR) is 80.4 cm³/mol. The van der Waals surface area contributed by atoms with Gasteiger partial charge in [-0.15, -0.1) is 0 Å². The summed E-state index contributed by atoms with van der Waals surface area (Å²) in [6.45, 7) is 9.20. The van der Waals surface area contributed by atoms with Gasteiger partial charge in [-0.05, 0) is 55.2 Å². The molecule has 0 bridgehead atoms. The third kappa shape index (κ3) is 3.20. The van der Waals surface area contributed by atoms with Crippen molar-refractivity contribution in [1.82, 2.24) is 0 Å². The van der Waals surface area contributed by atoms with Crippen LogP contribution < -0.4 is 5.32 Å². The molecule has 1 aliphatic carbocycles. The van der Waals surface area contributed by atoms with E-state index in [2.05, 4.69) is 45.1 Å². The highest BCUT2D eigenvalue weighted by molar-refractivity contribution is 6.33. The molecule has 2 unspecified atom stereocenters. The second-order valence-electron chi connectivity index (χ2n) is 6.62. The molecule has 1 aliphatic rings. The van der Waals surface area contributed by atoms with E-state index in [0.29, 0.717) is 17.4 Å². The van der Waals surface area contributed by atoms with E-state index in [9.17, 15) is 0 Å². The van der Waals surface area contributed by atoms with Crippen molar-refractivity contribution in [2.24, 2.45) is 11.3 Å². The van der Waals surface area contributed by atoms with Crippen LogP contribution in [0.2, 0.25) is 5.02 Å². The molecule has 0 heterocycles. The number of nitrogens with one attached hydrogen (secondary N) is 1. The summed E-state index contributed by atoms with van der Waals surface area (Å²) in [5.41, 5.74) is 2.84. The van der Waals surface area contributed by atoms with Gasteiger partial charge in [-0.1, -0.05) is 38.4 Å². The van der Waals surface area contributed by atoms with E-state index in [1.54, 1.807) is 0 Å². The fourth-order valence-corrected chi connectivity index (χ4v) is 3.28. The zero-order valence-corrected chi connectivity index (χ0v) is 12.6. The minimum atomic E-state index is 0.494. The van der Waals surface area contributed by atoms with Crippen LogP contribution in [0.15, 0.2) is 18.2 Å². The molecule has 0 radical (unpaired) electrons. The summed E-state index contributed by atoms with van der Waals surface area (Å²) in [6, 6.07) is 6.74. The summed E-state index contributed by atoms with van der Waals surface area (Å²) < 4.78 is 0. The van der Waals surface area contributed by atoms with Gasteiger partial charge in [0.25, 0.3) is 0 Å². The van der Waals surface area contributed by atoms with Gasteiger partial charge in [-0.25, -0.2) is 0 Å². The van der Waals surface area contributed by atoms with Crippen LogP contribution in [0.4, 0.5) is 5.69 Å². The van der Waals surface area contributed by atoms with Crippen molar-refractivity contribution in [1.29, 1.82) is 0 Å². The average molecular weight is 266 g/mol. The van der Waals surface area contributed by atoms with Crippen LogP contribution in [0.5, 0.6) is 0 Å². The minimum absolute atomic E-state index is 0.494. The standard InChI is InChI=1S/C16H24ClN/c1-11-5-6-13(17)15(9-11)18-14-7-8-16(3,4)10-12(14)2/h5-6,9,12,14,18H,7-8,10H2,1-4H3. The number of hydrogen-bond donors (Lipinski definition) is 1. The second-order valence-corrected chi connectivity index (χ2v) is 7.03. The van der Waals surface area contributed by atoms with Crippen molar-refractivity contribution in [3.05, 3.63) is 28.8 Å². The molecule has 1 N–H and O–H groups in total. The van der Waals surface area contributed by atoms with Gasteiger partial charge in [0.05, 0.1) is 10.7 Å². The van der Waals surface area contributed by atoms with Crippen molar-refractivity contribution >= 4 is 17.3 Å². The summed E-state index contributed by atoms with van der Waals surface area (Å²) in [5, 5.41) is 4.48. The van der Waals surface area contributed by atoms with E-state index in [-0.39, 0.29) is 0 Å². The molecule has 1 fully saturated rings. The van der Waals surface area contributed by atoms with E-state index < -0.39 is 0 Å². The van der Waals surface area contributed by atoms with E-state index in [1.165, 1.54) is 24.8 Å². The van der Waals surface area contributed by atoms with Crippen molar-refractivity contribution in [2.45, 2.75) is 53.0 Å². The number of aryl methyl sites for hydroxylation is 1. The molecule has 18 heavy (non-hydrogen) atoms. The average Bonchev–Trinajstić information content (AvgIpc) is 2.26. The monoisotopic (exact) mass is 265 g/mol. The van der Waals surface area contributed by atoms with Crippen LogP contribution in [0.25, 0.3) is 0 Å². The van der Waals surface area contributed by atoms with Gasteiger partial charge in [-0.2, -0.15) is 0 Å². The van der Waals surface area contributed by atoms with Crippen molar-refractivity contribution in [3.8, 4) is 0 Å². The lowest BCUT2D eigenvalue weighted by Gasteiger charge is -2.40. The molecule has 1 saturated carbocycles. The van der Waals surface area contributed by atoms with Gasteiger partial charge in [0.2, 0.25) is 0 Å². The third-order valence-electron chi connectivity index (χ3n) is 4.16. The molecule has 1 aromatic rings. The normalized spacial score (nSPS) is 26.9. The minimum Gasteiger partial charge on any atom is -0.381 e. The molecule has 2 rings (SSSR count). The molecule has 100 valence electrons. The molecule has 0 spiro atoms. The second kappa shape index (κ2) is 5.13. The lowest BCUT2D eigenvalue weighted by atomic mass is 9.70. The Kier molecular flexibility index (Phi) is 3.91. The maximum atomic E-state index is 6.26. The van der Waals surface area contributed by atoms with Crippen LogP contribution in [-0.2, 0) is 0 Å². The molecule has 0 amide bonds. The van der Waals surface area contributed by atoms with Gasteiger partial charge >= 0.3 is 0 Å². The van der Waals surface area contributed by atoms with Crippen molar-refractivity contribution in [2.75, 3.05) is 5.32 Å². The first-order chi connectivity index (χ1) is 8.37. The molecule has 2 heteroatoms. The Morgan fingerprint density at radius 1 is 1.33 bits per heavy atom. The number of halogens is 1. The number of benzene rings is 1. The zero-order valence-electron chi connectivity index (χ0n) is 11.9. The summed E-state index contributed by atoms with van der Waals surface area (Å²) in [4.78, 5) is 0. The molecule has 1 nitrogen and oxygen atoms in total. The largest absolute Gasteiger partial charge is 0.381 e. The topological polar surface area (TPSA) is 12.0 Å². The third-order valence-corrected chi connectivity index (χ3v) is 4.49. The Morgan fingerprint density at radius 2 is 2.06 bits per heavy atom. The predicted octanol–water partition coefficient (Wildman–Crippen LogP) is 5.28. The highest BCUT2D eigenvalue weighted by atomic mass is 35.5. The number of rotatable bonds is 2. The summed E-state index contributed by atoms with van der Waals surface area (Å²) in [7, 11) is 0. The van der Waals surface area contributed by atoms with E-state index in [4.69, 9.17) is 11.6 Å². The molecule has 0 saturated heterocycles. The van der Waals surface area contributed by atoms with Crippen molar-refractivity contribution < 1.29 is 0 Å². The molecule has 1 aromatic carbocycles. The molecule has 0 aromatic heterocycles. The summed E-state index contributed by atoms with van der Waals surface area (Å²) in [5.74, 6) is 0.699. The van der Waals surface area contributed by atoms with Gasteiger partial charge in [-0.3, -0.25) is 0 Å². The maximum absolute atomic E-state index is 6.26. The Hall–Kier alpha value is -0.690. The lowest BCUT2D eigenvalue weighted by Crippen LogP contribution is -2.36. The van der Waals surface area contributed by atoms with Crippen LogP contribution in [0.3, 0.4) is 0 Å². The maximum Gasteiger partial charge on any atom is 0.0637 e. The highest BCUT2D eigenvalue weighted by Crippen LogP contribution is 2.40. The van der Waals surface area contributed by atoms with Gasteiger partial charge in [0.1, 0.15) is 0 Å². The SMILES string of the molecule is Cc1ccc(Cl)c(NC2CCC(C)(C)CC2C)c1. The van der Waals surface area contributed by atoms with Gasteiger partial charge < -0.3 is 5.32 Å². The van der Waals surface area contributed by atoms with Crippen molar-refractivity contribution in [3.63, 3.8) is 0 Å². The smallest absolute Gasteiger partial charge is 0.0637 e. The molecular formula is C16H24ClN. The van der Waals surface area contributed by atoms with E-state index in [0.717, 1.165) is 10.7 Å². The Morgan fingerprint density at radius 3 is 2.72 bits per heavy atom. The number of anilines is 1. The Labute approximate surface area is 116 Å². The molecular weight excluding hydrogens is 242 g/mol. The van der Waals surface area contributed by atoms with E-state index in [1.807, 2.05) is 6.07 Å². The van der Waals surface area contributed by atoms with Gasteiger partial charge in [0.15, 0.2) is 0 Å². The van der Waals surface area contributed by atoms with Crippen LogP contribution in [-0.4, -0.2) is 6.04 Å². The summed E-state index contributed by atoms with van der Waals surface area (Å²) in [6.07, 6.45) is 3.81. The first-order valence-corrected chi connectivity index (χ1v) is 7.28. The lowest BCUT2D eigenvalue weighted by molar-refractivity contribution is 0.177. The molecule has 2 atom stereocenters. The van der Waals surface area contributed by atoms with Crippen LogP contribution in [0, 0.1) is 18.3 Å². The first kappa shape index (κ1) is 13.7. The van der Waals surface area contributed by atoms with E-state index >= 15 is 0 Å². The summed E-state index contributed by atoms with van der Waals surface area (Å²) >= 11 is 6.26. The Bertz CT molecular complexity index is 425. The van der Waals surface area contributed by atoms with Crippen LogP contribution >= 0.6 is 11.6 Å². The number of hydrogen-bond acceptors (Lipinski definition) is 1. The first-order valence-electron chi connectivity index (χ1n) is 6.90. The van der Waals surface area contributed by atoms with Gasteiger partial charge in [0, 0.05) is 6.04 Å².